The smallest absolute Gasteiger partial charge is 0.255 e. The summed E-state index contributed by atoms with van der Waals surface area (Å²) in [6, 6.07) is 7.54. The number of carbonyl (C=O) groups excluding carboxylic acids is 2. The van der Waals surface area contributed by atoms with Crippen LogP contribution >= 0.6 is 0 Å². The van der Waals surface area contributed by atoms with Crippen molar-refractivity contribution in [2.24, 2.45) is 5.92 Å². The maximum Gasteiger partial charge on any atom is 0.255 e. The minimum absolute atomic E-state index is 0.000874. The Bertz CT molecular complexity index is 479. The van der Waals surface area contributed by atoms with E-state index in [2.05, 4.69) is 0 Å². The first-order chi connectivity index (χ1) is 8.99. The van der Waals surface area contributed by atoms with Gasteiger partial charge in [-0.25, -0.2) is 0 Å². The third-order valence-electron chi connectivity index (χ3n) is 3.37. The normalized spacial score (nSPS) is 15.2. The lowest BCUT2D eigenvalue weighted by atomic mass is 10.1. The highest BCUT2D eigenvalue weighted by Crippen LogP contribution is 2.14. The second kappa shape index (κ2) is 5.43. The number of benzene rings is 1. The van der Waals surface area contributed by atoms with Crippen LogP contribution in [0.2, 0.25) is 0 Å². The first-order valence-electron chi connectivity index (χ1n) is 6.64. The molecule has 1 aliphatic heterocycles. The zero-order valence-electron chi connectivity index (χ0n) is 11.7. The summed E-state index contributed by atoms with van der Waals surface area (Å²) in [6.07, 6.45) is 0. The van der Waals surface area contributed by atoms with Crippen molar-refractivity contribution in [3.8, 4) is 0 Å². The monoisotopic (exact) mass is 260 g/mol. The van der Waals surface area contributed by atoms with Crippen LogP contribution in [0.25, 0.3) is 0 Å². The zero-order chi connectivity index (χ0) is 14.0. The summed E-state index contributed by atoms with van der Waals surface area (Å²) in [4.78, 5) is 27.6. The summed E-state index contributed by atoms with van der Waals surface area (Å²) < 4.78 is 0. The van der Waals surface area contributed by atoms with E-state index in [9.17, 15) is 9.59 Å². The predicted octanol–water partition coefficient (Wildman–Crippen LogP) is 1.89. The Kier molecular flexibility index (Phi) is 3.88. The Hall–Kier alpha value is -1.84. The van der Waals surface area contributed by atoms with Crippen LogP contribution in [0, 0.1) is 12.8 Å². The lowest BCUT2D eigenvalue weighted by molar-refractivity contribution is -0.133. The van der Waals surface area contributed by atoms with Crippen LogP contribution in [0.1, 0.15) is 29.8 Å². The van der Waals surface area contributed by atoms with E-state index in [1.807, 2.05) is 45.0 Å². The quantitative estimate of drug-likeness (QED) is 0.814. The minimum atomic E-state index is -0.0190. The predicted molar refractivity (Wildman–Crippen MR) is 73.6 cm³/mol. The van der Waals surface area contributed by atoms with E-state index in [0.717, 1.165) is 5.56 Å². The molecule has 19 heavy (non-hydrogen) atoms. The summed E-state index contributed by atoms with van der Waals surface area (Å²) in [6.45, 7) is 7.41. The average molecular weight is 260 g/mol. The molecule has 0 atom stereocenters. The van der Waals surface area contributed by atoms with E-state index in [0.29, 0.717) is 25.3 Å². The molecule has 1 aromatic rings. The van der Waals surface area contributed by atoms with Gasteiger partial charge in [-0.2, -0.15) is 0 Å². The molecule has 4 heteroatoms. The fraction of sp³-hybridized carbons (Fsp3) is 0.467. The summed E-state index contributed by atoms with van der Waals surface area (Å²) in [5.41, 5.74) is 1.82. The van der Waals surface area contributed by atoms with Crippen LogP contribution < -0.4 is 0 Å². The van der Waals surface area contributed by atoms with Gasteiger partial charge < -0.3 is 9.80 Å². The molecule has 1 aromatic carbocycles. The molecule has 0 saturated carbocycles. The lowest BCUT2D eigenvalue weighted by Gasteiger charge is -2.20. The summed E-state index contributed by atoms with van der Waals surface area (Å²) in [5.74, 6) is 0.0905. The average Bonchev–Trinajstić information content (AvgIpc) is 2.87. The first kappa shape index (κ1) is 13.6. The number of hydrogen-bond donors (Lipinski definition) is 0. The molecule has 0 aliphatic carbocycles. The molecule has 2 rings (SSSR count). The summed E-state index contributed by atoms with van der Waals surface area (Å²) in [7, 11) is 0. The van der Waals surface area contributed by atoms with Gasteiger partial charge in [-0.3, -0.25) is 9.59 Å². The van der Waals surface area contributed by atoms with Crippen molar-refractivity contribution in [3.63, 3.8) is 0 Å². The molecule has 2 amide bonds. The second-order valence-electron chi connectivity index (χ2n) is 5.33. The van der Waals surface area contributed by atoms with Crippen molar-refractivity contribution in [2.75, 3.05) is 19.8 Å². The van der Waals surface area contributed by atoms with Crippen LogP contribution in [0.15, 0.2) is 24.3 Å². The zero-order valence-corrected chi connectivity index (χ0v) is 11.7. The lowest BCUT2D eigenvalue weighted by Crippen LogP contribution is -2.35. The molecule has 0 aromatic heterocycles. The van der Waals surface area contributed by atoms with Crippen molar-refractivity contribution < 1.29 is 9.59 Å². The molecule has 1 saturated heterocycles. The molecule has 0 radical (unpaired) electrons. The van der Waals surface area contributed by atoms with Crippen molar-refractivity contribution in [1.29, 1.82) is 0 Å². The van der Waals surface area contributed by atoms with Gasteiger partial charge >= 0.3 is 0 Å². The SMILES string of the molecule is Cc1ccc(C(=O)N2CCN(C(=O)C(C)C)C2)cc1. The highest BCUT2D eigenvalue weighted by Gasteiger charge is 2.28. The standard InChI is InChI=1S/C15H20N2O2/c1-11(2)14(18)16-8-9-17(10-16)15(19)13-6-4-12(3)5-7-13/h4-7,11H,8-10H2,1-3H3. The van der Waals surface area contributed by atoms with Gasteiger partial charge in [0.05, 0.1) is 6.67 Å². The van der Waals surface area contributed by atoms with E-state index in [4.69, 9.17) is 0 Å². The Morgan fingerprint density at radius 1 is 1.05 bits per heavy atom. The molecule has 0 N–H and O–H groups in total. The van der Waals surface area contributed by atoms with Crippen LogP contribution in [0.3, 0.4) is 0 Å². The topological polar surface area (TPSA) is 40.6 Å². The van der Waals surface area contributed by atoms with E-state index in [1.165, 1.54) is 0 Å². The van der Waals surface area contributed by atoms with Gasteiger partial charge in [0.1, 0.15) is 0 Å². The van der Waals surface area contributed by atoms with E-state index < -0.39 is 0 Å². The number of hydrogen-bond acceptors (Lipinski definition) is 2. The Morgan fingerprint density at radius 3 is 2.21 bits per heavy atom. The molecular weight excluding hydrogens is 240 g/mol. The summed E-state index contributed by atoms with van der Waals surface area (Å²) in [5, 5.41) is 0. The van der Waals surface area contributed by atoms with E-state index in [-0.39, 0.29) is 17.7 Å². The van der Waals surface area contributed by atoms with Gasteiger partial charge in [0.2, 0.25) is 5.91 Å². The van der Waals surface area contributed by atoms with Crippen LogP contribution in [-0.4, -0.2) is 41.4 Å². The Labute approximate surface area is 114 Å². The van der Waals surface area contributed by atoms with Gasteiger partial charge in [0.15, 0.2) is 0 Å². The van der Waals surface area contributed by atoms with Crippen molar-refractivity contribution in [1.82, 2.24) is 9.80 Å². The van der Waals surface area contributed by atoms with E-state index >= 15 is 0 Å². The largest absolute Gasteiger partial charge is 0.323 e. The van der Waals surface area contributed by atoms with Gasteiger partial charge in [-0.1, -0.05) is 31.5 Å². The Morgan fingerprint density at radius 2 is 1.63 bits per heavy atom. The van der Waals surface area contributed by atoms with Gasteiger partial charge in [0, 0.05) is 24.6 Å². The number of aryl methyl sites for hydroxylation is 1. The minimum Gasteiger partial charge on any atom is -0.323 e. The molecule has 0 spiro atoms. The van der Waals surface area contributed by atoms with Crippen LogP contribution in [-0.2, 0) is 4.79 Å². The third kappa shape index (κ3) is 2.95. The number of rotatable bonds is 2. The maximum atomic E-state index is 12.3. The highest BCUT2D eigenvalue weighted by molar-refractivity contribution is 5.94. The number of amides is 2. The molecule has 4 nitrogen and oxygen atoms in total. The second-order valence-corrected chi connectivity index (χ2v) is 5.33. The maximum absolute atomic E-state index is 12.3. The highest BCUT2D eigenvalue weighted by atomic mass is 16.2. The van der Waals surface area contributed by atoms with Gasteiger partial charge in [-0.15, -0.1) is 0 Å². The fourth-order valence-electron chi connectivity index (χ4n) is 2.18. The molecule has 102 valence electrons. The molecule has 1 heterocycles. The third-order valence-corrected chi connectivity index (χ3v) is 3.37. The van der Waals surface area contributed by atoms with Gasteiger partial charge in [-0.05, 0) is 19.1 Å². The van der Waals surface area contributed by atoms with Crippen LogP contribution in [0.4, 0.5) is 0 Å². The van der Waals surface area contributed by atoms with Crippen molar-refractivity contribution >= 4 is 11.8 Å². The molecule has 1 fully saturated rings. The van der Waals surface area contributed by atoms with E-state index in [1.54, 1.807) is 9.80 Å². The summed E-state index contributed by atoms with van der Waals surface area (Å²) >= 11 is 0. The Balaban J connectivity index is 2.03. The number of nitrogens with zero attached hydrogens (tertiary/aromatic N) is 2. The fourth-order valence-corrected chi connectivity index (χ4v) is 2.18. The molecule has 0 unspecified atom stereocenters. The van der Waals surface area contributed by atoms with Crippen LogP contribution in [0.5, 0.6) is 0 Å². The molecule has 1 aliphatic rings. The molecular formula is C15H20N2O2. The van der Waals surface area contributed by atoms with Gasteiger partial charge in [0.25, 0.3) is 5.91 Å². The first-order valence-corrected chi connectivity index (χ1v) is 6.64. The molecule has 0 bridgehead atoms. The number of carbonyl (C=O) groups is 2. The van der Waals surface area contributed by atoms with Crippen molar-refractivity contribution in [2.45, 2.75) is 20.8 Å². The van der Waals surface area contributed by atoms with Crippen molar-refractivity contribution in [3.05, 3.63) is 35.4 Å².